The molecule has 10 heteroatoms. The number of fused-ring (bicyclic) bond motifs is 1. The Morgan fingerprint density at radius 3 is 2.64 bits per heavy atom. The highest BCUT2D eigenvalue weighted by atomic mass is 32.2. The Morgan fingerprint density at radius 1 is 1.24 bits per heavy atom. The van der Waals surface area contributed by atoms with Crippen LogP contribution < -0.4 is 14.8 Å². The van der Waals surface area contributed by atoms with Crippen molar-refractivity contribution in [2.75, 3.05) is 24.8 Å². The number of aromatic nitrogens is 2. The first-order valence-electron chi connectivity index (χ1n) is 7.07. The molecular weight excluding hydrogens is 359 g/mol. The fourth-order valence-corrected chi connectivity index (χ4v) is 2.51. The molecule has 1 aliphatic rings. The van der Waals surface area contributed by atoms with Crippen LogP contribution in [0, 0.1) is 0 Å². The minimum absolute atomic E-state index is 0.0665. The smallest absolute Gasteiger partial charge is 0.434 e. The van der Waals surface area contributed by atoms with E-state index in [-0.39, 0.29) is 10.8 Å². The van der Waals surface area contributed by atoms with Crippen molar-refractivity contribution in [2.45, 2.75) is 11.3 Å². The molecule has 0 aliphatic carbocycles. The zero-order valence-electron chi connectivity index (χ0n) is 12.9. The summed E-state index contributed by atoms with van der Waals surface area (Å²) >= 11 is 0.955. The lowest BCUT2D eigenvalue weighted by Gasteiger charge is -2.19. The van der Waals surface area contributed by atoms with E-state index < -0.39 is 23.3 Å². The van der Waals surface area contributed by atoms with Crippen LogP contribution in [0.5, 0.6) is 11.5 Å². The fraction of sp³-hybridized carbons (Fsp3) is 0.267. The summed E-state index contributed by atoms with van der Waals surface area (Å²) in [5.74, 6) is -0.0429. The molecule has 2 aromatic rings. The summed E-state index contributed by atoms with van der Waals surface area (Å²) in [4.78, 5) is 19.4. The Balaban J connectivity index is 1.88. The number of benzene rings is 1. The van der Waals surface area contributed by atoms with E-state index in [4.69, 9.17) is 9.47 Å². The molecule has 0 bridgehead atoms. The second-order valence-electron chi connectivity index (χ2n) is 4.93. The number of ether oxygens (including phenoxy) is 2. The number of hydrogen-bond acceptors (Lipinski definition) is 6. The van der Waals surface area contributed by atoms with Gasteiger partial charge >= 0.3 is 6.18 Å². The third-order valence-corrected chi connectivity index (χ3v) is 3.82. The molecule has 0 saturated carbocycles. The number of carbonyl (C=O) groups is 1. The van der Waals surface area contributed by atoms with Crippen molar-refractivity contribution in [1.29, 1.82) is 0 Å². The first kappa shape index (κ1) is 17.3. The van der Waals surface area contributed by atoms with Crippen molar-refractivity contribution >= 4 is 23.4 Å². The van der Waals surface area contributed by atoms with Crippen molar-refractivity contribution in [1.82, 2.24) is 9.97 Å². The van der Waals surface area contributed by atoms with Crippen LogP contribution in [0.2, 0.25) is 0 Å². The molecule has 132 valence electrons. The number of nitrogens with zero attached hydrogens (tertiary/aromatic N) is 2. The summed E-state index contributed by atoms with van der Waals surface area (Å²) in [6, 6.07) is 4.56. The van der Waals surface area contributed by atoms with Crippen molar-refractivity contribution < 1.29 is 27.4 Å². The van der Waals surface area contributed by atoms with E-state index in [1.54, 1.807) is 12.3 Å². The molecule has 1 aliphatic heterocycles. The normalized spacial score (nSPS) is 13.4. The molecule has 1 N–H and O–H groups in total. The van der Waals surface area contributed by atoms with Gasteiger partial charge in [-0.2, -0.15) is 13.2 Å². The van der Waals surface area contributed by atoms with Gasteiger partial charge in [0.05, 0.1) is 5.56 Å². The quantitative estimate of drug-likeness (QED) is 0.660. The standard InChI is InChI=1S/C15H12F3N3O3S/c1-25-14-19-7-9(12(21-14)15(16,17)18)13(22)20-8-2-3-10-11(6-8)24-5-4-23-10/h2-3,6-7H,4-5H2,1H3,(H,20,22). The molecular formula is C15H12F3N3O3S. The molecule has 0 spiro atoms. The Hall–Kier alpha value is -2.49. The van der Waals surface area contributed by atoms with E-state index in [9.17, 15) is 18.0 Å². The van der Waals surface area contributed by atoms with Crippen LogP contribution in [0.4, 0.5) is 18.9 Å². The largest absolute Gasteiger partial charge is 0.486 e. The van der Waals surface area contributed by atoms with Crippen LogP contribution >= 0.6 is 11.8 Å². The molecule has 1 aromatic carbocycles. The molecule has 1 amide bonds. The Labute approximate surface area is 144 Å². The van der Waals surface area contributed by atoms with Gasteiger partial charge in [0.25, 0.3) is 5.91 Å². The van der Waals surface area contributed by atoms with Gasteiger partial charge in [0.1, 0.15) is 13.2 Å². The fourth-order valence-electron chi connectivity index (χ4n) is 2.17. The van der Waals surface area contributed by atoms with Gasteiger partial charge in [0, 0.05) is 18.0 Å². The average Bonchev–Trinajstić information content (AvgIpc) is 2.60. The maximum atomic E-state index is 13.2. The van der Waals surface area contributed by atoms with E-state index in [2.05, 4.69) is 15.3 Å². The molecule has 0 fully saturated rings. The van der Waals surface area contributed by atoms with Gasteiger partial charge in [-0.05, 0) is 18.4 Å². The third-order valence-electron chi connectivity index (χ3n) is 3.26. The molecule has 3 rings (SSSR count). The maximum absolute atomic E-state index is 13.2. The van der Waals surface area contributed by atoms with Crippen molar-refractivity contribution in [2.24, 2.45) is 0 Å². The van der Waals surface area contributed by atoms with Crippen LogP contribution in [-0.2, 0) is 6.18 Å². The number of nitrogens with one attached hydrogen (secondary N) is 1. The number of halogens is 3. The van der Waals surface area contributed by atoms with Crippen LogP contribution in [0.3, 0.4) is 0 Å². The van der Waals surface area contributed by atoms with Crippen molar-refractivity contribution in [3.63, 3.8) is 0 Å². The van der Waals surface area contributed by atoms with E-state index >= 15 is 0 Å². The number of rotatable bonds is 3. The van der Waals surface area contributed by atoms with Gasteiger partial charge in [-0.25, -0.2) is 9.97 Å². The van der Waals surface area contributed by atoms with E-state index in [0.717, 1.165) is 18.0 Å². The van der Waals surface area contributed by atoms with Gasteiger partial charge in [-0.3, -0.25) is 4.79 Å². The molecule has 0 saturated heterocycles. The molecule has 1 aromatic heterocycles. The lowest BCUT2D eigenvalue weighted by atomic mass is 10.2. The lowest BCUT2D eigenvalue weighted by Crippen LogP contribution is -2.21. The number of anilines is 1. The van der Waals surface area contributed by atoms with E-state index in [1.807, 2.05) is 0 Å². The van der Waals surface area contributed by atoms with Gasteiger partial charge in [0.15, 0.2) is 22.3 Å². The number of hydrogen-bond donors (Lipinski definition) is 1. The number of thioether (sulfide) groups is 1. The van der Waals surface area contributed by atoms with Gasteiger partial charge in [0.2, 0.25) is 0 Å². The Kier molecular flexibility index (Phi) is 4.71. The highest BCUT2D eigenvalue weighted by molar-refractivity contribution is 7.98. The average molecular weight is 371 g/mol. The lowest BCUT2D eigenvalue weighted by molar-refractivity contribution is -0.142. The van der Waals surface area contributed by atoms with Crippen LogP contribution in [0.25, 0.3) is 0 Å². The van der Waals surface area contributed by atoms with Gasteiger partial charge in [-0.1, -0.05) is 11.8 Å². The summed E-state index contributed by atoms with van der Waals surface area (Å²) < 4.78 is 50.2. The minimum atomic E-state index is -4.77. The molecule has 0 atom stereocenters. The first-order valence-corrected chi connectivity index (χ1v) is 8.30. The van der Waals surface area contributed by atoms with Crippen molar-refractivity contribution in [3.05, 3.63) is 35.7 Å². The van der Waals surface area contributed by atoms with Crippen molar-refractivity contribution in [3.8, 4) is 11.5 Å². The van der Waals surface area contributed by atoms with E-state index in [0.29, 0.717) is 24.7 Å². The summed E-state index contributed by atoms with van der Waals surface area (Å²) in [7, 11) is 0. The summed E-state index contributed by atoms with van der Waals surface area (Å²) in [5.41, 5.74) is -1.65. The van der Waals surface area contributed by atoms with Gasteiger partial charge < -0.3 is 14.8 Å². The van der Waals surface area contributed by atoms with Gasteiger partial charge in [-0.15, -0.1) is 0 Å². The Bertz CT molecular complexity index is 814. The summed E-state index contributed by atoms with van der Waals surface area (Å²) in [5, 5.41) is 2.33. The highest BCUT2D eigenvalue weighted by Gasteiger charge is 2.38. The van der Waals surface area contributed by atoms with E-state index in [1.165, 1.54) is 12.1 Å². The topological polar surface area (TPSA) is 73.3 Å². The maximum Gasteiger partial charge on any atom is 0.434 e. The number of amides is 1. The zero-order valence-corrected chi connectivity index (χ0v) is 13.7. The molecule has 2 heterocycles. The molecule has 0 unspecified atom stereocenters. The Morgan fingerprint density at radius 2 is 1.96 bits per heavy atom. The number of alkyl halides is 3. The SMILES string of the molecule is CSc1ncc(C(=O)Nc2ccc3c(c2)OCCO3)c(C(F)(F)F)n1. The predicted octanol–water partition coefficient (Wildman–Crippen LogP) is 3.24. The van der Waals surface area contributed by atoms with Crippen LogP contribution in [0.1, 0.15) is 16.1 Å². The van der Waals surface area contributed by atoms with Crippen LogP contribution in [0.15, 0.2) is 29.6 Å². The third kappa shape index (κ3) is 3.78. The molecule has 6 nitrogen and oxygen atoms in total. The second kappa shape index (κ2) is 6.79. The predicted molar refractivity (Wildman–Crippen MR) is 84.2 cm³/mol. The summed E-state index contributed by atoms with van der Waals surface area (Å²) in [6.45, 7) is 0.763. The number of carbonyl (C=O) groups excluding carboxylic acids is 1. The zero-order chi connectivity index (χ0) is 18.0. The molecule has 0 radical (unpaired) electrons. The minimum Gasteiger partial charge on any atom is -0.486 e. The van der Waals surface area contributed by atoms with Crippen LogP contribution in [-0.4, -0.2) is 35.3 Å². The highest BCUT2D eigenvalue weighted by Crippen LogP contribution is 2.34. The summed E-state index contributed by atoms with van der Waals surface area (Å²) in [6.07, 6.45) is -2.35. The monoisotopic (exact) mass is 371 g/mol. The first-order chi connectivity index (χ1) is 11.9. The second-order valence-corrected chi connectivity index (χ2v) is 5.70. The molecule has 25 heavy (non-hydrogen) atoms.